The normalized spacial score (nSPS) is 20.1. The van der Waals surface area contributed by atoms with Crippen LogP contribution >= 0.6 is 24.0 Å². The van der Waals surface area contributed by atoms with Gasteiger partial charge in [0.2, 0.25) is 5.91 Å². The quantitative estimate of drug-likeness (QED) is 0.851. The van der Waals surface area contributed by atoms with Crippen molar-refractivity contribution in [3.63, 3.8) is 0 Å². The van der Waals surface area contributed by atoms with Gasteiger partial charge in [-0.25, -0.2) is 0 Å². The van der Waals surface area contributed by atoms with Crippen LogP contribution in [0.4, 0.5) is 0 Å². The molecule has 0 spiro atoms. The molecule has 2 amide bonds. The Hall–Kier alpha value is -1.50. The summed E-state index contributed by atoms with van der Waals surface area (Å²) in [6, 6.07) is 6.88. The molecule has 138 valence electrons. The first-order valence-corrected chi connectivity index (χ1v) is 8.69. The van der Waals surface area contributed by atoms with Crippen LogP contribution in [-0.2, 0) is 9.59 Å². The Bertz CT molecular complexity index is 583. The summed E-state index contributed by atoms with van der Waals surface area (Å²) in [6.07, 6.45) is 1.96. The Kier molecular flexibility index (Phi) is 7.35. The topological polar surface area (TPSA) is 61.9 Å². The molecule has 2 aliphatic rings. The van der Waals surface area contributed by atoms with Crippen molar-refractivity contribution in [3.8, 4) is 5.75 Å². The van der Waals surface area contributed by atoms with Crippen LogP contribution in [-0.4, -0.2) is 67.0 Å². The van der Waals surface area contributed by atoms with E-state index in [2.05, 4.69) is 5.32 Å². The highest BCUT2D eigenvalue weighted by atomic mass is 35.5. The number of carbonyl (C=O) groups is 2. The second-order valence-corrected chi connectivity index (χ2v) is 6.53. The van der Waals surface area contributed by atoms with Gasteiger partial charge in [0.15, 0.2) is 6.61 Å². The van der Waals surface area contributed by atoms with E-state index < -0.39 is 0 Å². The molecule has 3 rings (SSSR count). The minimum atomic E-state index is -0.0592. The number of carbonyl (C=O) groups excluding carboxylic acids is 2. The lowest BCUT2D eigenvalue weighted by molar-refractivity contribution is -0.141. The van der Waals surface area contributed by atoms with Crippen LogP contribution < -0.4 is 10.1 Å². The highest BCUT2D eigenvalue weighted by Gasteiger charge is 2.30. The molecule has 6 nitrogen and oxygen atoms in total. The van der Waals surface area contributed by atoms with Crippen molar-refractivity contribution in [1.29, 1.82) is 0 Å². The number of hydrogen-bond donors (Lipinski definition) is 1. The largest absolute Gasteiger partial charge is 0.484 e. The molecule has 1 atom stereocenters. The van der Waals surface area contributed by atoms with Crippen molar-refractivity contribution in [1.82, 2.24) is 15.1 Å². The fourth-order valence-electron chi connectivity index (χ4n) is 3.06. The van der Waals surface area contributed by atoms with Crippen LogP contribution in [0.2, 0.25) is 5.02 Å². The number of rotatable bonds is 4. The maximum atomic E-state index is 12.3. The molecule has 0 radical (unpaired) electrons. The molecule has 0 aromatic heterocycles. The Labute approximate surface area is 158 Å². The van der Waals surface area contributed by atoms with Gasteiger partial charge in [0.25, 0.3) is 5.91 Å². The lowest BCUT2D eigenvalue weighted by atomic mass is 10.2. The van der Waals surface area contributed by atoms with Gasteiger partial charge in [-0.3, -0.25) is 9.59 Å². The number of benzene rings is 1. The van der Waals surface area contributed by atoms with Gasteiger partial charge in [-0.2, -0.15) is 0 Å². The summed E-state index contributed by atoms with van der Waals surface area (Å²) < 4.78 is 5.49. The van der Waals surface area contributed by atoms with Crippen LogP contribution in [0.15, 0.2) is 24.3 Å². The molecule has 1 aromatic rings. The van der Waals surface area contributed by atoms with Gasteiger partial charge in [-0.1, -0.05) is 11.6 Å². The van der Waals surface area contributed by atoms with Gasteiger partial charge in [0.05, 0.1) is 6.04 Å². The smallest absolute Gasteiger partial charge is 0.260 e. The number of nitrogens with one attached hydrogen (secondary N) is 1. The standard InChI is InChI=1S/C17H22ClN3O3.ClH/c18-13-3-5-14(6-4-13)24-12-16(22)20-8-10-21(11-9-20)17(23)15-2-1-7-19-15;/h3-6,15,19H,1-2,7-12H2;1H. The molecule has 2 saturated heterocycles. The molecule has 8 heteroatoms. The fourth-order valence-corrected chi connectivity index (χ4v) is 3.19. The van der Waals surface area contributed by atoms with Crippen LogP contribution in [0.25, 0.3) is 0 Å². The molecular formula is C17H23Cl2N3O3. The van der Waals surface area contributed by atoms with Crippen LogP contribution in [0.5, 0.6) is 5.75 Å². The summed E-state index contributed by atoms with van der Waals surface area (Å²) in [6.45, 7) is 3.20. The van der Waals surface area contributed by atoms with Crippen LogP contribution in [0, 0.1) is 0 Å². The average molecular weight is 388 g/mol. The van der Waals surface area contributed by atoms with Crippen LogP contribution in [0.1, 0.15) is 12.8 Å². The predicted molar refractivity (Wildman–Crippen MR) is 98.4 cm³/mol. The SMILES string of the molecule is Cl.O=C(COc1ccc(Cl)cc1)N1CCN(C(=O)C2CCCN2)CC1. The zero-order valence-corrected chi connectivity index (χ0v) is 15.5. The third-order valence-electron chi connectivity index (χ3n) is 4.48. The Morgan fingerprint density at radius 1 is 1.12 bits per heavy atom. The Morgan fingerprint density at radius 2 is 1.76 bits per heavy atom. The Balaban J connectivity index is 0.00000225. The molecule has 1 N–H and O–H groups in total. The van der Waals surface area contributed by atoms with Gasteiger partial charge in [-0.05, 0) is 43.7 Å². The van der Waals surface area contributed by atoms with Gasteiger partial charge < -0.3 is 19.9 Å². The highest BCUT2D eigenvalue weighted by molar-refractivity contribution is 6.30. The van der Waals surface area contributed by atoms with Crippen molar-refractivity contribution < 1.29 is 14.3 Å². The highest BCUT2D eigenvalue weighted by Crippen LogP contribution is 2.16. The third kappa shape index (κ3) is 5.23. The third-order valence-corrected chi connectivity index (χ3v) is 4.73. The molecule has 25 heavy (non-hydrogen) atoms. The molecule has 1 aromatic carbocycles. The van der Waals surface area contributed by atoms with Gasteiger partial charge >= 0.3 is 0 Å². The minimum Gasteiger partial charge on any atom is -0.484 e. The number of halogens is 2. The zero-order chi connectivity index (χ0) is 16.9. The summed E-state index contributed by atoms with van der Waals surface area (Å²) in [5.41, 5.74) is 0. The first-order chi connectivity index (χ1) is 11.6. The van der Waals surface area contributed by atoms with E-state index in [0.29, 0.717) is 37.0 Å². The fraction of sp³-hybridized carbons (Fsp3) is 0.529. The summed E-state index contributed by atoms with van der Waals surface area (Å²) in [4.78, 5) is 28.2. The van der Waals surface area contributed by atoms with Crippen molar-refractivity contribution in [2.75, 3.05) is 39.3 Å². The predicted octanol–water partition coefficient (Wildman–Crippen LogP) is 1.56. The molecule has 0 aliphatic carbocycles. The molecule has 2 aliphatic heterocycles. The Morgan fingerprint density at radius 3 is 2.36 bits per heavy atom. The first-order valence-electron chi connectivity index (χ1n) is 8.32. The van der Waals surface area contributed by atoms with Gasteiger partial charge in [-0.15, -0.1) is 12.4 Å². The monoisotopic (exact) mass is 387 g/mol. The molecule has 2 heterocycles. The molecule has 1 unspecified atom stereocenters. The van der Waals surface area contributed by atoms with E-state index in [1.165, 1.54) is 0 Å². The number of nitrogens with zero attached hydrogens (tertiary/aromatic N) is 2. The van der Waals surface area contributed by atoms with Crippen molar-refractivity contribution in [3.05, 3.63) is 29.3 Å². The van der Waals surface area contributed by atoms with Crippen LogP contribution in [0.3, 0.4) is 0 Å². The van der Waals surface area contributed by atoms with Crippen molar-refractivity contribution >= 4 is 35.8 Å². The lowest BCUT2D eigenvalue weighted by Gasteiger charge is -2.35. The van der Waals surface area contributed by atoms with Crippen molar-refractivity contribution in [2.45, 2.75) is 18.9 Å². The minimum absolute atomic E-state index is 0. The number of piperazine rings is 1. The number of ether oxygens (including phenoxy) is 1. The van der Waals surface area contributed by atoms with E-state index in [4.69, 9.17) is 16.3 Å². The van der Waals surface area contributed by atoms with E-state index in [1.807, 2.05) is 4.90 Å². The second-order valence-electron chi connectivity index (χ2n) is 6.10. The molecule has 0 saturated carbocycles. The lowest BCUT2D eigenvalue weighted by Crippen LogP contribution is -2.54. The zero-order valence-electron chi connectivity index (χ0n) is 13.9. The van der Waals surface area contributed by atoms with E-state index in [-0.39, 0.29) is 36.9 Å². The first kappa shape index (κ1) is 19.8. The second kappa shape index (κ2) is 9.27. The van der Waals surface area contributed by atoms with E-state index in [9.17, 15) is 9.59 Å². The summed E-state index contributed by atoms with van der Waals surface area (Å²) in [5.74, 6) is 0.724. The number of amides is 2. The number of hydrogen-bond acceptors (Lipinski definition) is 4. The van der Waals surface area contributed by atoms with Gasteiger partial charge in [0.1, 0.15) is 5.75 Å². The maximum Gasteiger partial charge on any atom is 0.260 e. The average Bonchev–Trinajstić information content (AvgIpc) is 3.15. The van der Waals surface area contributed by atoms with E-state index >= 15 is 0 Å². The summed E-state index contributed by atoms with van der Waals surface area (Å²) in [7, 11) is 0. The molecule has 2 fully saturated rings. The van der Waals surface area contributed by atoms with Gasteiger partial charge in [0, 0.05) is 31.2 Å². The van der Waals surface area contributed by atoms with E-state index in [1.54, 1.807) is 29.2 Å². The molecular weight excluding hydrogens is 365 g/mol. The van der Waals surface area contributed by atoms with E-state index in [0.717, 1.165) is 19.4 Å². The van der Waals surface area contributed by atoms with Crippen molar-refractivity contribution in [2.24, 2.45) is 0 Å². The maximum absolute atomic E-state index is 12.3. The summed E-state index contributed by atoms with van der Waals surface area (Å²) >= 11 is 5.81. The summed E-state index contributed by atoms with van der Waals surface area (Å²) in [5, 5.41) is 3.86. The molecule has 0 bridgehead atoms.